The Balaban J connectivity index is 1.66. The summed E-state index contributed by atoms with van der Waals surface area (Å²) in [6.07, 6.45) is -1.42. The lowest BCUT2D eigenvalue weighted by atomic mass is 10.1. The second-order valence-corrected chi connectivity index (χ2v) is 6.33. The SMILES string of the molecule is CC(C)(O)O[C@@H]1C[C@@H]2[C@H](O1)[C@@H](F)CN2Cc1ccccc1. The van der Waals surface area contributed by atoms with E-state index in [1.807, 2.05) is 30.3 Å². The summed E-state index contributed by atoms with van der Waals surface area (Å²) in [5.74, 6) is -1.26. The van der Waals surface area contributed by atoms with Crippen molar-refractivity contribution >= 4 is 0 Å². The second kappa shape index (κ2) is 5.65. The van der Waals surface area contributed by atoms with E-state index in [4.69, 9.17) is 9.47 Å². The van der Waals surface area contributed by atoms with Crippen LogP contribution in [0.4, 0.5) is 4.39 Å². The molecule has 4 atom stereocenters. The molecule has 0 unspecified atom stereocenters. The fourth-order valence-corrected chi connectivity index (χ4v) is 3.20. The van der Waals surface area contributed by atoms with E-state index in [2.05, 4.69) is 4.90 Å². The molecule has 4 nitrogen and oxygen atoms in total. The van der Waals surface area contributed by atoms with Crippen molar-refractivity contribution in [3.05, 3.63) is 35.9 Å². The molecule has 2 fully saturated rings. The zero-order chi connectivity index (χ0) is 15.0. The molecule has 0 amide bonds. The predicted octanol–water partition coefficient (Wildman–Crippen LogP) is 2.07. The third-order valence-electron chi connectivity index (χ3n) is 4.00. The average molecular weight is 295 g/mol. The molecule has 5 heteroatoms. The highest BCUT2D eigenvalue weighted by molar-refractivity contribution is 5.15. The fraction of sp³-hybridized carbons (Fsp3) is 0.625. The molecule has 116 valence electrons. The number of rotatable bonds is 4. The van der Waals surface area contributed by atoms with E-state index in [0.717, 1.165) is 5.56 Å². The molecule has 1 N–H and O–H groups in total. The van der Waals surface area contributed by atoms with Crippen LogP contribution in [0.5, 0.6) is 0 Å². The molecular formula is C16H22FNO3. The summed E-state index contributed by atoms with van der Waals surface area (Å²) in [7, 11) is 0. The maximum absolute atomic E-state index is 14.2. The number of nitrogens with zero attached hydrogens (tertiary/aromatic N) is 1. The Labute approximate surface area is 124 Å². The molecular weight excluding hydrogens is 273 g/mol. The molecule has 3 rings (SSSR count). The van der Waals surface area contributed by atoms with Gasteiger partial charge in [0, 0.05) is 25.6 Å². The van der Waals surface area contributed by atoms with Gasteiger partial charge in [0.05, 0.1) is 0 Å². The molecule has 2 saturated heterocycles. The lowest BCUT2D eigenvalue weighted by Crippen LogP contribution is -2.33. The van der Waals surface area contributed by atoms with Gasteiger partial charge in [0.15, 0.2) is 12.1 Å². The van der Waals surface area contributed by atoms with E-state index in [1.165, 1.54) is 0 Å². The van der Waals surface area contributed by atoms with Crippen molar-refractivity contribution in [1.82, 2.24) is 4.90 Å². The zero-order valence-electron chi connectivity index (χ0n) is 12.4. The van der Waals surface area contributed by atoms with Gasteiger partial charge in [-0.15, -0.1) is 0 Å². The van der Waals surface area contributed by atoms with Gasteiger partial charge >= 0.3 is 0 Å². The predicted molar refractivity (Wildman–Crippen MR) is 76.2 cm³/mol. The first-order valence-electron chi connectivity index (χ1n) is 7.40. The summed E-state index contributed by atoms with van der Waals surface area (Å²) in [5, 5.41) is 9.70. The van der Waals surface area contributed by atoms with Crippen LogP contribution in [0.1, 0.15) is 25.8 Å². The number of benzene rings is 1. The molecule has 1 aromatic rings. The van der Waals surface area contributed by atoms with Crippen molar-refractivity contribution in [2.24, 2.45) is 0 Å². The van der Waals surface area contributed by atoms with Crippen molar-refractivity contribution in [3.63, 3.8) is 0 Å². The van der Waals surface area contributed by atoms with Crippen LogP contribution in [0, 0.1) is 0 Å². The number of likely N-dealkylation sites (tertiary alicyclic amines) is 1. The van der Waals surface area contributed by atoms with Crippen molar-refractivity contribution in [1.29, 1.82) is 0 Å². The molecule has 2 aliphatic heterocycles. The smallest absolute Gasteiger partial charge is 0.163 e. The number of hydrogen-bond acceptors (Lipinski definition) is 4. The molecule has 21 heavy (non-hydrogen) atoms. The van der Waals surface area contributed by atoms with Crippen molar-refractivity contribution < 1.29 is 19.0 Å². The Morgan fingerprint density at radius 1 is 1.38 bits per heavy atom. The first-order chi connectivity index (χ1) is 9.92. The van der Waals surface area contributed by atoms with E-state index in [9.17, 15) is 9.50 Å². The monoisotopic (exact) mass is 295 g/mol. The minimum atomic E-state index is -1.26. The zero-order valence-corrected chi connectivity index (χ0v) is 12.4. The number of ether oxygens (including phenoxy) is 2. The Morgan fingerprint density at radius 3 is 2.76 bits per heavy atom. The fourth-order valence-electron chi connectivity index (χ4n) is 3.20. The topological polar surface area (TPSA) is 41.9 Å². The van der Waals surface area contributed by atoms with Crippen molar-refractivity contribution in [2.75, 3.05) is 6.54 Å². The number of halogens is 1. The largest absolute Gasteiger partial charge is 0.366 e. The summed E-state index contributed by atoms with van der Waals surface area (Å²) in [6.45, 7) is 4.21. The summed E-state index contributed by atoms with van der Waals surface area (Å²) in [6, 6.07) is 10.0. The standard InChI is InChI=1S/C16H22FNO3/c1-16(2,19)21-14-8-13-15(20-14)12(17)10-18(13)9-11-6-4-3-5-7-11/h3-7,12-15,19H,8-10H2,1-2H3/t12-,13+,14+,15+/m0/s1. The molecule has 2 heterocycles. The van der Waals surface area contributed by atoms with Gasteiger partial charge in [-0.3, -0.25) is 4.90 Å². The van der Waals surface area contributed by atoms with Gasteiger partial charge in [-0.05, 0) is 19.4 Å². The molecule has 0 saturated carbocycles. The number of fused-ring (bicyclic) bond motifs is 1. The quantitative estimate of drug-likeness (QED) is 0.864. The van der Waals surface area contributed by atoms with E-state index in [1.54, 1.807) is 13.8 Å². The van der Waals surface area contributed by atoms with Crippen LogP contribution in [0.25, 0.3) is 0 Å². The third-order valence-corrected chi connectivity index (χ3v) is 4.00. The molecule has 1 aromatic carbocycles. The van der Waals surface area contributed by atoms with Gasteiger partial charge in [-0.1, -0.05) is 30.3 Å². The van der Waals surface area contributed by atoms with E-state index >= 15 is 0 Å². The highest BCUT2D eigenvalue weighted by Gasteiger charge is 2.50. The maximum Gasteiger partial charge on any atom is 0.163 e. The molecule has 0 spiro atoms. The van der Waals surface area contributed by atoms with Crippen LogP contribution >= 0.6 is 0 Å². The highest BCUT2D eigenvalue weighted by atomic mass is 19.1. The number of aliphatic hydroxyl groups is 1. The lowest BCUT2D eigenvalue weighted by Gasteiger charge is -2.25. The normalized spacial score (nSPS) is 33.3. The van der Waals surface area contributed by atoms with Crippen LogP contribution in [-0.2, 0) is 16.0 Å². The lowest BCUT2D eigenvalue weighted by molar-refractivity contribution is -0.271. The minimum Gasteiger partial charge on any atom is -0.366 e. The Hall–Kier alpha value is -1.01. The van der Waals surface area contributed by atoms with Gasteiger partial charge in [0.2, 0.25) is 0 Å². The van der Waals surface area contributed by atoms with E-state index in [0.29, 0.717) is 19.5 Å². The summed E-state index contributed by atoms with van der Waals surface area (Å²) in [5.41, 5.74) is 1.16. The molecule has 0 aliphatic carbocycles. The first-order valence-corrected chi connectivity index (χ1v) is 7.40. The van der Waals surface area contributed by atoms with Crippen LogP contribution in [0.15, 0.2) is 30.3 Å². The van der Waals surface area contributed by atoms with Gasteiger partial charge in [0.1, 0.15) is 12.3 Å². The van der Waals surface area contributed by atoms with Crippen LogP contribution < -0.4 is 0 Å². The van der Waals surface area contributed by atoms with Gasteiger partial charge in [0.25, 0.3) is 0 Å². The Kier molecular flexibility index (Phi) is 4.01. The number of alkyl halides is 1. The minimum absolute atomic E-state index is 0.00700. The third kappa shape index (κ3) is 3.43. The molecule has 0 bridgehead atoms. The van der Waals surface area contributed by atoms with Crippen LogP contribution in [0.2, 0.25) is 0 Å². The average Bonchev–Trinajstić information content (AvgIpc) is 2.91. The molecule has 0 aromatic heterocycles. The maximum atomic E-state index is 14.2. The number of hydrogen-bond donors (Lipinski definition) is 1. The van der Waals surface area contributed by atoms with Crippen molar-refractivity contribution in [2.45, 2.75) is 57.2 Å². The van der Waals surface area contributed by atoms with Crippen LogP contribution in [0.3, 0.4) is 0 Å². The summed E-state index contributed by atoms with van der Waals surface area (Å²) >= 11 is 0. The van der Waals surface area contributed by atoms with Crippen LogP contribution in [-0.4, -0.2) is 46.9 Å². The van der Waals surface area contributed by atoms with Gasteiger partial charge in [-0.2, -0.15) is 0 Å². The van der Waals surface area contributed by atoms with E-state index < -0.39 is 24.4 Å². The molecule has 0 radical (unpaired) electrons. The molecule has 2 aliphatic rings. The second-order valence-electron chi connectivity index (χ2n) is 6.33. The summed E-state index contributed by atoms with van der Waals surface area (Å²) < 4.78 is 25.2. The highest BCUT2D eigenvalue weighted by Crippen LogP contribution is 2.36. The van der Waals surface area contributed by atoms with Gasteiger partial charge in [-0.25, -0.2) is 4.39 Å². The summed E-state index contributed by atoms with van der Waals surface area (Å²) in [4.78, 5) is 2.11. The van der Waals surface area contributed by atoms with E-state index in [-0.39, 0.29) is 6.04 Å². The van der Waals surface area contributed by atoms with Gasteiger partial charge < -0.3 is 14.6 Å². The Morgan fingerprint density at radius 2 is 2.10 bits per heavy atom. The first kappa shape index (κ1) is 14.9. The Bertz CT molecular complexity index is 476. The van der Waals surface area contributed by atoms with Crippen molar-refractivity contribution in [3.8, 4) is 0 Å².